The Morgan fingerprint density at radius 3 is 3.17 bits per heavy atom. The number of H-pyrrole nitrogens is 1. The Hall–Kier alpha value is -2.56. The average molecular weight is 322 g/mol. The maximum absolute atomic E-state index is 12.8. The van der Waals surface area contributed by atoms with Gasteiger partial charge in [0, 0.05) is 42.6 Å². The number of aromatic amines is 1. The van der Waals surface area contributed by atoms with Gasteiger partial charge >= 0.3 is 0 Å². The number of piperidine rings is 1. The number of likely N-dealkylation sites (tertiary alicyclic amines) is 1. The van der Waals surface area contributed by atoms with Crippen LogP contribution in [0.1, 0.15) is 30.0 Å². The molecule has 1 atom stereocenters. The highest BCUT2D eigenvalue weighted by Crippen LogP contribution is 2.23. The summed E-state index contributed by atoms with van der Waals surface area (Å²) in [6, 6.07) is 8.56. The Labute approximate surface area is 141 Å². The van der Waals surface area contributed by atoms with E-state index in [1.807, 2.05) is 28.0 Å². The molecule has 4 rings (SSSR count). The fourth-order valence-electron chi connectivity index (χ4n) is 3.61. The van der Waals surface area contributed by atoms with Crippen LogP contribution in [-0.4, -0.2) is 38.7 Å². The van der Waals surface area contributed by atoms with Gasteiger partial charge in [0.15, 0.2) is 0 Å². The molecule has 1 aliphatic rings. The van der Waals surface area contributed by atoms with E-state index in [1.165, 1.54) is 5.56 Å². The van der Waals surface area contributed by atoms with Crippen LogP contribution in [0.2, 0.25) is 0 Å². The molecule has 124 valence electrons. The molecule has 0 aliphatic carbocycles. The summed E-state index contributed by atoms with van der Waals surface area (Å²) < 4.78 is 1.98. The fourth-order valence-corrected chi connectivity index (χ4v) is 3.61. The minimum absolute atomic E-state index is 0.202. The normalized spacial score (nSPS) is 18.2. The van der Waals surface area contributed by atoms with Crippen molar-refractivity contribution in [3.63, 3.8) is 0 Å². The molecule has 1 aromatic carbocycles. The lowest BCUT2D eigenvalue weighted by Crippen LogP contribution is -2.41. The van der Waals surface area contributed by atoms with Crippen molar-refractivity contribution in [3.05, 3.63) is 54.0 Å². The van der Waals surface area contributed by atoms with Crippen LogP contribution in [0.4, 0.5) is 0 Å². The van der Waals surface area contributed by atoms with Gasteiger partial charge < -0.3 is 9.88 Å². The van der Waals surface area contributed by atoms with Crippen LogP contribution in [0.5, 0.6) is 0 Å². The average Bonchev–Trinajstić information content (AvgIpc) is 3.25. The Morgan fingerprint density at radius 2 is 2.33 bits per heavy atom. The molecule has 0 radical (unpaired) electrons. The molecule has 1 saturated heterocycles. The maximum atomic E-state index is 12.8. The van der Waals surface area contributed by atoms with E-state index >= 15 is 0 Å². The molecule has 0 bridgehead atoms. The van der Waals surface area contributed by atoms with Gasteiger partial charge in [0.25, 0.3) is 0 Å². The first-order chi connectivity index (χ1) is 11.7. The second kappa shape index (κ2) is 6.15. The first-order valence-electron chi connectivity index (χ1n) is 8.54. The minimum atomic E-state index is 0.202. The number of hydrogen-bond acceptors (Lipinski definition) is 2. The van der Waals surface area contributed by atoms with Gasteiger partial charge in [-0.1, -0.05) is 12.1 Å². The summed E-state index contributed by atoms with van der Waals surface area (Å²) in [6.45, 7) is 3.67. The molecule has 0 saturated carbocycles. The van der Waals surface area contributed by atoms with Gasteiger partial charge in [0.1, 0.15) is 0 Å². The monoisotopic (exact) mass is 322 g/mol. The molecule has 1 amide bonds. The number of carbonyl (C=O) groups is 1. The Balaban J connectivity index is 1.49. The zero-order valence-corrected chi connectivity index (χ0v) is 13.9. The molecule has 5 nitrogen and oxygen atoms in total. The first kappa shape index (κ1) is 15.0. The zero-order chi connectivity index (χ0) is 16.5. The smallest absolute Gasteiger partial charge is 0.227 e. The van der Waals surface area contributed by atoms with Crippen molar-refractivity contribution in [1.82, 2.24) is 19.7 Å². The summed E-state index contributed by atoms with van der Waals surface area (Å²) in [7, 11) is 0. The van der Waals surface area contributed by atoms with E-state index in [0.29, 0.717) is 12.5 Å². The van der Waals surface area contributed by atoms with Gasteiger partial charge in [0.05, 0.1) is 12.5 Å². The molecule has 0 spiro atoms. The lowest BCUT2D eigenvalue weighted by Gasteiger charge is -2.33. The second-order valence-electron chi connectivity index (χ2n) is 6.66. The molecule has 1 aliphatic heterocycles. The number of nitrogens with zero attached hydrogens (tertiary/aromatic N) is 3. The number of amides is 1. The molecule has 1 fully saturated rings. The molecule has 3 heterocycles. The number of rotatable bonds is 3. The fraction of sp³-hybridized carbons (Fsp3) is 0.368. The summed E-state index contributed by atoms with van der Waals surface area (Å²) in [5, 5.41) is 5.48. The molecular weight excluding hydrogens is 300 g/mol. The van der Waals surface area contributed by atoms with Crippen LogP contribution in [0.15, 0.2) is 42.9 Å². The lowest BCUT2D eigenvalue weighted by molar-refractivity contribution is -0.132. The molecular formula is C19H22N4O. The van der Waals surface area contributed by atoms with E-state index in [0.717, 1.165) is 42.4 Å². The van der Waals surface area contributed by atoms with Gasteiger partial charge in [0.2, 0.25) is 5.91 Å². The molecule has 1 N–H and O–H groups in total. The van der Waals surface area contributed by atoms with E-state index in [1.54, 1.807) is 6.20 Å². The topological polar surface area (TPSA) is 53.9 Å². The summed E-state index contributed by atoms with van der Waals surface area (Å²) in [5.41, 5.74) is 3.40. The van der Waals surface area contributed by atoms with Crippen LogP contribution in [0.25, 0.3) is 10.9 Å². The molecule has 2 aromatic heterocycles. The highest BCUT2D eigenvalue weighted by atomic mass is 16.2. The lowest BCUT2D eigenvalue weighted by atomic mass is 10.0. The number of benzene rings is 1. The molecule has 0 unspecified atom stereocenters. The predicted molar refractivity (Wildman–Crippen MR) is 93.8 cm³/mol. The van der Waals surface area contributed by atoms with E-state index in [4.69, 9.17) is 0 Å². The van der Waals surface area contributed by atoms with Gasteiger partial charge in [-0.2, -0.15) is 5.10 Å². The van der Waals surface area contributed by atoms with Crippen molar-refractivity contribution in [1.29, 1.82) is 0 Å². The van der Waals surface area contributed by atoms with Gasteiger partial charge in [-0.15, -0.1) is 0 Å². The number of hydrogen-bond donors (Lipinski definition) is 1. The quantitative estimate of drug-likeness (QED) is 0.805. The number of nitrogens with one attached hydrogen (secondary N) is 1. The zero-order valence-electron chi connectivity index (χ0n) is 13.9. The predicted octanol–water partition coefficient (Wildman–Crippen LogP) is 3.08. The standard InChI is InChI=1S/C19H22N4O/c1-14-5-6-17-15(12-20-18(17)10-14)11-19(24)22-8-2-4-16(13-22)23-9-3-7-21-23/h3,5-7,9-10,12,16,20H,2,4,8,11,13H2,1H3/t16-/m0/s1. The van der Waals surface area contributed by atoms with Crippen LogP contribution >= 0.6 is 0 Å². The van der Waals surface area contributed by atoms with Crippen LogP contribution < -0.4 is 0 Å². The molecule has 24 heavy (non-hydrogen) atoms. The Kier molecular flexibility index (Phi) is 3.84. The third kappa shape index (κ3) is 2.82. The summed E-state index contributed by atoms with van der Waals surface area (Å²) in [5.74, 6) is 0.202. The van der Waals surface area contributed by atoms with Crippen molar-refractivity contribution in [3.8, 4) is 0 Å². The second-order valence-corrected chi connectivity index (χ2v) is 6.66. The van der Waals surface area contributed by atoms with Gasteiger partial charge in [-0.25, -0.2) is 0 Å². The van der Waals surface area contributed by atoms with E-state index in [-0.39, 0.29) is 5.91 Å². The third-order valence-corrected chi connectivity index (χ3v) is 4.91. The maximum Gasteiger partial charge on any atom is 0.227 e. The van der Waals surface area contributed by atoms with E-state index < -0.39 is 0 Å². The SMILES string of the molecule is Cc1ccc2c(CC(=O)N3CCC[C@H](n4cccn4)C3)c[nH]c2c1. The Morgan fingerprint density at radius 1 is 1.42 bits per heavy atom. The summed E-state index contributed by atoms with van der Waals surface area (Å²) in [4.78, 5) is 18.0. The summed E-state index contributed by atoms with van der Waals surface area (Å²) >= 11 is 0. The largest absolute Gasteiger partial charge is 0.361 e. The number of fused-ring (bicyclic) bond motifs is 1. The number of carbonyl (C=O) groups excluding carboxylic acids is 1. The molecule has 3 aromatic rings. The van der Waals surface area contributed by atoms with E-state index in [9.17, 15) is 4.79 Å². The van der Waals surface area contributed by atoms with Crippen molar-refractivity contribution < 1.29 is 4.79 Å². The van der Waals surface area contributed by atoms with Crippen molar-refractivity contribution in [2.45, 2.75) is 32.2 Å². The highest BCUT2D eigenvalue weighted by molar-refractivity contribution is 5.89. The number of aromatic nitrogens is 3. The van der Waals surface area contributed by atoms with Crippen LogP contribution in [-0.2, 0) is 11.2 Å². The molecule has 5 heteroatoms. The van der Waals surface area contributed by atoms with E-state index in [2.05, 4.69) is 35.2 Å². The van der Waals surface area contributed by atoms with Crippen molar-refractivity contribution >= 4 is 16.8 Å². The Bertz CT molecular complexity index is 850. The minimum Gasteiger partial charge on any atom is -0.361 e. The first-order valence-corrected chi connectivity index (χ1v) is 8.54. The third-order valence-electron chi connectivity index (χ3n) is 4.91. The van der Waals surface area contributed by atoms with Gasteiger partial charge in [-0.3, -0.25) is 9.48 Å². The highest BCUT2D eigenvalue weighted by Gasteiger charge is 2.25. The summed E-state index contributed by atoms with van der Waals surface area (Å²) in [6.07, 6.45) is 8.32. The van der Waals surface area contributed by atoms with Crippen LogP contribution in [0, 0.1) is 6.92 Å². The van der Waals surface area contributed by atoms with Crippen LogP contribution in [0.3, 0.4) is 0 Å². The van der Waals surface area contributed by atoms with Crippen molar-refractivity contribution in [2.24, 2.45) is 0 Å². The van der Waals surface area contributed by atoms with Crippen molar-refractivity contribution in [2.75, 3.05) is 13.1 Å². The van der Waals surface area contributed by atoms with Gasteiger partial charge in [-0.05, 0) is 43.0 Å². The number of aryl methyl sites for hydroxylation is 1.